The summed E-state index contributed by atoms with van der Waals surface area (Å²) in [6.07, 6.45) is 6.11. The first-order valence-corrected chi connectivity index (χ1v) is 14.4. The number of nitrogens with one attached hydrogen (secondary N) is 2. The molecule has 5 aromatic rings. The highest BCUT2D eigenvalue weighted by Crippen LogP contribution is 2.38. The van der Waals surface area contributed by atoms with Crippen LogP contribution in [0.3, 0.4) is 0 Å². The van der Waals surface area contributed by atoms with Gasteiger partial charge in [-0.1, -0.05) is 47.7 Å². The number of nitrogens with zero attached hydrogens (tertiary/aromatic N) is 7. The Labute approximate surface area is 255 Å². The highest BCUT2D eigenvalue weighted by molar-refractivity contribution is 6.19. The Kier molecular flexibility index (Phi) is 7.66. The predicted octanol–water partition coefficient (Wildman–Crippen LogP) is 5.45. The van der Waals surface area contributed by atoms with Crippen LogP contribution in [0.4, 0.5) is 15.8 Å². The molecule has 0 saturated heterocycles. The number of nitriles is 3. The zero-order valence-corrected chi connectivity index (χ0v) is 24.0. The van der Waals surface area contributed by atoms with Crippen LogP contribution >= 0.6 is 0 Å². The summed E-state index contributed by atoms with van der Waals surface area (Å²) in [7, 11) is 1.92. The van der Waals surface area contributed by atoms with Gasteiger partial charge in [-0.05, 0) is 54.7 Å². The van der Waals surface area contributed by atoms with Crippen molar-refractivity contribution in [2.75, 3.05) is 10.6 Å². The zero-order chi connectivity index (χ0) is 30.7. The van der Waals surface area contributed by atoms with Gasteiger partial charge in [0.15, 0.2) is 5.82 Å². The molecule has 1 fully saturated rings. The number of pyridine rings is 1. The van der Waals surface area contributed by atoms with E-state index in [9.17, 15) is 15.8 Å². The van der Waals surface area contributed by atoms with E-state index in [0.717, 1.165) is 24.0 Å². The highest BCUT2D eigenvalue weighted by atomic mass is 19.1. The smallest absolute Gasteiger partial charge is 0.151 e. The summed E-state index contributed by atoms with van der Waals surface area (Å²) < 4.78 is 17.7. The number of hydrogen-bond donors (Lipinski definition) is 2. The van der Waals surface area contributed by atoms with E-state index < -0.39 is 11.3 Å². The Hall–Kier alpha value is -5.73. The second kappa shape index (κ2) is 11.9. The van der Waals surface area contributed by atoms with Crippen LogP contribution in [0.2, 0.25) is 0 Å². The molecule has 214 valence electrons. The molecule has 1 saturated carbocycles. The van der Waals surface area contributed by atoms with Gasteiger partial charge in [0.25, 0.3) is 0 Å². The lowest BCUT2D eigenvalue weighted by molar-refractivity contribution is 0.610. The third-order valence-corrected chi connectivity index (χ3v) is 8.02. The van der Waals surface area contributed by atoms with Gasteiger partial charge in [-0.25, -0.2) is 9.07 Å². The standard InChI is InChI=1S/C33H27BFN9/c34-33(24-9-4-6-21(14-24)17-37,30-20-44(43-42-30)26-11-12-26)41-25-15-27-31(23(18-38)19-39-32(27)28(35)16-25)40-29(10-5-13-36)22-7-2-1-3-8-22/h1-4,6-9,14-16,19-20,26,29,41H,5,10-12,34H2,(H,39,40). The molecule has 2 atom stereocenters. The van der Waals surface area contributed by atoms with Crippen molar-refractivity contribution in [3.63, 3.8) is 0 Å². The molecule has 2 aromatic heterocycles. The minimum Gasteiger partial charge on any atom is -0.377 e. The molecule has 0 spiro atoms. The van der Waals surface area contributed by atoms with E-state index in [0.29, 0.717) is 46.9 Å². The van der Waals surface area contributed by atoms with Crippen LogP contribution in [0.5, 0.6) is 0 Å². The van der Waals surface area contributed by atoms with Crippen molar-refractivity contribution < 1.29 is 4.39 Å². The molecule has 2 unspecified atom stereocenters. The Morgan fingerprint density at radius 2 is 1.86 bits per heavy atom. The summed E-state index contributed by atoms with van der Waals surface area (Å²) >= 11 is 0. The third kappa shape index (κ3) is 5.54. The molecular formula is C33H27BFN9. The van der Waals surface area contributed by atoms with Crippen LogP contribution in [-0.2, 0) is 5.44 Å². The van der Waals surface area contributed by atoms with Crippen LogP contribution in [-0.4, -0.2) is 27.8 Å². The topological polar surface area (TPSA) is 139 Å². The average Bonchev–Trinajstić information content (AvgIpc) is 3.78. The normalized spacial score (nSPS) is 14.5. The van der Waals surface area contributed by atoms with Gasteiger partial charge in [-0.3, -0.25) is 4.98 Å². The summed E-state index contributed by atoms with van der Waals surface area (Å²) in [5.74, 6) is -0.569. The second-order valence-corrected chi connectivity index (χ2v) is 11.1. The summed E-state index contributed by atoms with van der Waals surface area (Å²) in [6, 6.07) is 26.6. The first-order valence-electron chi connectivity index (χ1n) is 14.4. The van der Waals surface area contributed by atoms with E-state index in [1.807, 2.05) is 55.1 Å². The second-order valence-electron chi connectivity index (χ2n) is 11.1. The van der Waals surface area contributed by atoms with Gasteiger partial charge in [-0.2, -0.15) is 15.8 Å². The third-order valence-electron chi connectivity index (χ3n) is 8.02. The number of halogens is 1. The van der Waals surface area contributed by atoms with Gasteiger partial charge in [-0.15, -0.1) is 5.10 Å². The lowest BCUT2D eigenvalue weighted by atomic mass is 9.69. The van der Waals surface area contributed by atoms with Crippen molar-refractivity contribution in [1.82, 2.24) is 20.0 Å². The molecular weight excluding hydrogens is 552 g/mol. The number of benzene rings is 3. The Morgan fingerprint density at radius 3 is 2.59 bits per heavy atom. The van der Waals surface area contributed by atoms with Crippen LogP contribution < -0.4 is 10.6 Å². The molecule has 2 N–H and O–H groups in total. The maximum Gasteiger partial charge on any atom is 0.151 e. The number of hydrogen-bond acceptors (Lipinski definition) is 8. The van der Waals surface area contributed by atoms with E-state index in [2.05, 4.69) is 44.1 Å². The number of anilines is 2. The van der Waals surface area contributed by atoms with Gasteiger partial charge < -0.3 is 10.6 Å². The molecule has 0 aliphatic heterocycles. The van der Waals surface area contributed by atoms with Crippen LogP contribution in [0.1, 0.15) is 65.7 Å². The van der Waals surface area contributed by atoms with E-state index in [4.69, 9.17) is 0 Å². The Morgan fingerprint density at radius 1 is 1.05 bits per heavy atom. The monoisotopic (exact) mass is 579 g/mol. The van der Waals surface area contributed by atoms with Gasteiger partial charge >= 0.3 is 0 Å². The zero-order valence-electron chi connectivity index (χ0n) is 24.0. The van der Waals surface area contributed by atoms with Gasteiger partial charge in [0.05, 0.1) is 52.7 Å². The summed E-state index contributed by atoms with van der Waals surface area (Å²) in [6.45, 7) is 0. The van der Waals surface area contributed by atoms with Crippen molar-refractivity contribution >= 4 is 30.1 Å². The Balaban J connectivity index is 1.47. The molecule has 44 heavy (non-hydrogen) atoms. The maximum absolute atomic E-state index is 15.8. The van der Waals surface area contributed by atoms with E-state index in [1.54, 1.807) is 24.3 Å². The minimum absolute atomic E-state index is 0.108. The largest absolute Gasteiger partial charge is 0.377 e. The fourth-order valence-electron chi connectivity index (χ4n) is 5.46. The van der Waals surface area contributed by atoms with Crippen molar-refractivity contribution in [3.05, 3.63) is 113 Å². The van der Waals surface area contributed by atoms with Crippen molar-refractivity contribution in [3.8, 4) is 18.2 Å². The molecule has 3 aromatic carbocycles. The van der Waals surface area contributed by atoms with Gasteiger partial charge in [0.1, 0.15) is 25.1 Å². The molecule has 0 bridgehead atoms. The first-order chi connectivity index (χ1) is 21.4. The molecule has 6 rings (SSSR count). The lowest BCUT2D eigenvalue weighted by Gasteiger charge is -2.31. The molecule has 11 heteroatoms. The van der Waals surface area contributed by atoms with Crippen molar-refractivity contribution in [2.45, 2.75) is 43.2 Å². The van der Waals surface area contributed by atoms with Gasteiger partial charge in [0.2, 0.25) is 0 Å². The molecule has 0 amide bonds. The molecule has 1 aliphatic carbocycles. The molecule has 0 radical (unpaired) electrons. The molecule has 2 heterocycles. The fourth-order valence-corrected chi connectivity index (χ4v) is 5.46. The molecule has 1 aliphatic rings. The SMILES string of the molecule is BC(Nc1cc(F)c2ncc(C#N)c(NC(CCC#N)c3ccccc3)c2c1)(c1cccc(C#N)c1)c1cn(C2CC2)nn1. The maximum atomic E-state index is 15.8. The van der Waals surface area contributed by atoms with E-state index >= 15 is 4.39 Å². The molecule has 9 nitrogen and oxygen atoms in total. The van der Waals surface area contributed by atoms with Gasteiger partial charge in [0, 0.05) is 23.7 Å². The van der Waals surface area contributed by atoms with Crippen molar-refractivity contribution in [1.29, 1.82) is 15.8 Å². The predicted molar refractivity (Wildman–Crippen MR) is 166 cm³/mol. The average molecular weight is 579 g/mol. The summed E-state index contributed by atoms with van der Waals surface area (Å²) in [5.41, 5.74) is 3.01. The van der Waals surface area contributed by atoms with E-state index in [1.165, 1.54) is 12.3 Å². The number of rotatable bonds is 10. The van der Waals surface area contributed by atoms with Crippen LogP contribution in [0.15, 0.2) is 79.1 Å². The number of fused-ring (bicyclic) bond motifs is 1. The lowest BCUT2D eigenvalue weighted by Crippen LogP contribution is -2.38. The Bertz CT molecular complexity index is 1970. The minimum atomic E-state index is -0.993. The number of aromatic nitrogens is 4. The first kappa shape index (κ1) is 28.4. The van der Waals surface area contributed by atoms with E-state index in [-0.39, 0.29) is 17.1 Å². The fraction of sp³-hybridized carbons (Fsp3) is 0.212. The summed E-state index contributed by atoms with van der Waals surface area (Å²) in [5, 5.41) is 45.1. The highest BCUT2D eigenvalue weighted by Gasteiger charge is 2.35. The van der Waals surface area contributed by atoms with Crippen LogP contribution in [0, 0.1) is 39.8 Å². The summed E-state index contributed by atoms with van der Waals surface area (Å²) in [4.78, 5) is 4.28. The van der Waals surface area contributed by atoms with Crippen molar-refractivity contribution in [2.24, 2.45) is 0 Å². The van der Waals surface area contributed by atoms with Crippen LogP contribution in [0.25, 0.3) is 10.9 Å². The quantitative estimate of drug-likeness (QED) is 0.208.